The number of carbonyl (C=O) groups excluding carboxylic acids is 1. The molecule has 1 atom stereocenters. The van der Waals surface area contributed by atoms with E-state index < -0.39 is 17.2 Å². The van der Waals surface area contributed by atoms with Crippen LogP contribution < -0.4 is 16.6 Å². The average molecular weight is 379 g/mol. The zero-order chi connectivity index (χ0) is 18.8. The molecule has 0 fully saturated rings. The SMILES string of the molecule is CCC1OCCn2c1nc(C(=O)NCc1ccc(N)c(Cl)c1)c(O)c2=O. The summed E-state index contributed by atoms with van der Waals surface area (Å²) < 4.78 is 6.93. The molecule has 0 saturated carbocycles. The summed E-state index contributed by atoms with van der Waals surface area (Å²) in [5, 5.41) is 13.1. The number of benzene rings is 1. The molecular weight excluding hydrogens is 360 g/mol. The molecule has 1 aliphatic rings. The van der Waals surface area contributed by atoms with Crippen LogP contribution >= 0.6 is 11.6 Å². The fraction of sp³-hybridized carbons (Fsp3) is 0.353. The van der Waals surface area contributed by atoms with Gasteiger partial charge in [-0.25, -0.2) is 4.98 Å². The van der Waals surface area contributed by atoms with Gasteiger partial charge in [-0.3, -0.25) is 14.2 Å². The summed E-state index contributed by atoms with van der Waals surface area (Å²) in [6, 6.07) is 4.98. The van der Waals surface area contributed by atoms with Crippen LogP contribution in [0.15, 0.2) is 23.0 Å². The van der Waals surface area contributed by atoms with Crippen molar-refractivity contribution in [3.05, 3.63) is 50.7 Å². The molecule has 1 aliphatic heterocycles. The van der Waals surface area contributed by atoms with Crippen molar-refractivity contribution in [2.45, 2.75) is 32.5 Å². The van der Waals surface area contributed by atoms with Gasteiger partial charge in [-0.1, -0.05) is 24.6 Å². The standard InChI is InChI=1S/C17H19ClN4O4/c1-2-12-15-21-13(14(23)17(25)22(15)5-6-26-12)16(24)20-8-9-3-4-11(19)10(18)7-9/h3-4,7,12,23H,2,5-6,8,19H2,1H3,(H,20,24). The van der Waals surface area contributed by atoms with Gasteiger partial charge in [-0.05, 0) is 24.1 Å². The number of nitrogens with one attached hydrogen (secondary N) is 1. The van der Waals surface area contributed by atoms with Crippen molar-refractivity contribution in [1.82, 2.24) is 14.9 Å². The first-order chi connectivity index (χ1) is 12.4. The van der Waals surface area contributed by atoms with Crippen molar-refractivity contribution in [1.29, 1.82) is 0 Å². The lowest BCUT2D eigenvalue weighted by atomic mass is 10.2. The van der Waals surface area contributed by atoms with Crippen LogP contribution in [0.2, 0.25) is 5.02 Å². The van der Waals surface area contributed by atoms with Gasteiger partial charge in [0.05, 0.1) is 23.9 Å². The second kappa shape index (κ2) is 7.35. The van der Waals surface area contributed by atoms with Crippen LogP contribution in [0.5, 0.6) is 5.75 Å². The highest BCUT2D eigenvalue weighted by Gasteiger charge is 2.27. The van der Waals surface area contributed by atoms with E-state index in [9.17, 15) is 14.7 Å². The molecule has 1 unspecified atom stereocenters. The Morgan fingerprint density at radius 2 is 2.31 bits per heavy atom. The van der Waals surface area contributed by atoms with Gasteiger partial charge in [-0.2, -0.15) is 0 Å². The summed E-state index contributed by atoms with van der Waals surface area (Å²) in [4.78, 5) is 29.0. The number of ether oxygens (including phenoxy) is 1. The zero-order valence-corrected chi connectivity index (χ0v) is 14.9. The van der Waals surface area contributed by atoms with Crippen LogP contribution in [-0.2, 0) is 17.8 Å². The number of carbonyl (C=O) groups is 1. The highest BCUT2D eigenvalue weighted by Crippen LogP contribution is 2.24. The zero-order valence-electron chi connectivity index (χ0n) is 14.2. The van der Waals surface area contributed by atoms with E-state index in [0.29, 0.717) is 29.6 Å². The van der Waals surface area contributed by atoms with Crippen molar-refractivity contribution in [3.8, 4) is 5.75 Å². The molecule has 2 heterocycles. The monoisotopic (exact) mass is 378 g/mol. The third-order valence-electron chi connectivity index (χ3n) is 4.20. The van der Waals surface area contributed by atoms with Crippen LogP contribution in [0, 0.1) is 0 Å². The molecule has 4 N–H and O–H groups in total. The number of aromatic hydroxyl groups is 1. The number of anilines is 1. The van der Waals surface area contributed by atoms with E-state index in [1.54, 1.807) is 18.2 Å². The lowest BCUT2D eigenvalue weighted by Gasteiger charge is -2.26. The van der Waals surface area contributed by atoms with Crippen LogP contribution in [0.4, 0.5) is 5.69 Å². The molecule has 0 aliphatic carbocycles. The van der Waals surface area contributed by atoms with Gasteiger partial charge in [-0.15, -0.1) is 0 Å². The smallest absolute Gasteiger partial charge is 0.296 e. The summed E-state index contributed by atoms with van der Waals surface area (Å²) in [7, 11) is 0. The average Bonchev–Trinajstić information content (AvgIpc) is 2.64. The lowest BCUT2D eigenvalue weighted by molar-refractivity contribution is 0.0113. The van der Waals surface area contributed by atoms with Gasteiger partial charge in [0.15, 0.2) is 5.69 Å². The second-order valence-corrected chi connectivity index (χ2v) is 6.34. The largest absolute Gasteiger partial charge is 0.501 e. The number of halogens is 1. The molecule has 1 amide bonds. The lowest BCUT2D eigenvalue weighted by Crippen LogP contribution is -2.36. The Labute approximate surface area is 154 Å². The van der Waals surface area contributed by atoms with Gasteiger partial charge < -0.3 is 20.9 Å². The highest BCUT2D eigenvalue weighted by molar-refractivity contribution is 6.33. The molecule has 26 heavy (non-hydrogen) atoms. The maximum atomic E-state index is 12.4. The van der Waals surface area contributed by atoms with E-state index in [0.717, 1.165) is 5.56 Å². The molecule has 0 saturated heterocycles. The number of aromatic nitrogens is 2. The molecule has 1 aromatic heterocycles. The van der Waals surface area contributed by atoms with Gasteiger partial charge in [0.1, 0.15) is 11.9 Å². The molecule has 8 nitrogen and oxygen atoms in total. The summed E-state index contributed by atoms with van der Waals surface area (Å²) in [6.07, 6.45) is 0.210. The number of nitrogen functional groups attached to an aromatic ring is 1. The Balaban J connectivity index is 1.86. The summed E-state index contributed by atoms with van der Waals surface area (Å²) in [6.45, 7) is 2.68. The molecule has 0 bridgehead atoms. The predicted molar refractivity (Wildman–Crippen MR) is 96.2 cm³/mol. The Kier molecular flexibility index (Phi) is 5.15. The Hall–Kier alpha value is -2.58. The number of hydrogen-bond acceptors (Lipinski definition) is 6. The fourth-order valence-corrected chi connectivity index (χ4v) is 2.99. The Morgan fingerprint density at radius 3 is 3.00 bits per heavy atom. The minimum atomic E-state index is -0.668. The first kappa shape index (κ1) is 18.2. The van der Waals surface area contributed by atoms with Gasteiger partial charge in [0.25, 0.3) is 11.5 Å². The van der Waals surface area contributed by atoms with Crippen molar-refractivity contribution < 1.29 is 14.6 Å². The quantitative estimate of drug-likeness (QED) is 0.695. The maximum absolute atomic E-state index is 12.4. The van der Waals surface area contributed by atoms with Gasteiger partial charge in [0, 0.05) is 6.54 Å². The van der Waals surface area contributed by atoms with E-state index in [-0.39, 0.29) is 24.9 Å². The van der Waals surface area contributed by atoms with E-state index >= 15 is 0 Å². The van der Waals surface area contributed by atoms with Crippen molar-refractivity contribution >= 4 is 23.2 Å². The number of nitrogens with two attached hydrogens (primary N) is 1. The molecule has 1 aromatic carbocycles. The van der Waals surface area contributed by atoms with E-state index in [2.05, 4.69) is 10.3 Å². The molecular formula is C17H19ClN4O4. The number of nitrogens with zero attached hydrogens (tertiary/aromatic N) is 2. The maximum Gasteiger partial charge on any atom is 0.296 e. The summed E-state index contributed by atoms with van der Waals surface area (Å²) in [5.74, 6) is -0.975. The second-order valence-electron chi connectivity index (χ2n) is 5.93. The molecule has 0 radical (unpaired) electrons. The Bertz CT molecular complexity index is 912. The van der Waals surface area contributed by atoms with E-state index in [4.69, 9.17) is 22.1 Å². The third-order valence-corrected chi connectivity index (χ3v) is 4.53. The molecule has 9 heteroatoms. The van der Waals surface area contributed by atoms with E-state index in [1.165, 1.54) is 4.57 Å². The van der Waals surface area contributed by atoms with Crippen LogP contribution in [0.25, 0.3) is 0 Å². The van der Waals surface area contributed by atoms with Crippen LogP contribution in [0.1, 0.15) is 41.3 Å². The minimum absolute atomic E-state index is 0.145. The minimum Gasteiger partial charge on any atom is -0.501 e. The third kappa shape index (κ3) is 3.38. The topological polar surface area (TPSA) is 119 Å². The number of rotatable bonds is 4. The molecule has 138 valence electrons. The molecule has 2 aromatic rings. The van der Waals surface area contributed by atoms with Crippen LogP contribution in [-0.4, -0.2) is 27.2 Å². The normalized spacial score (nSPS) is 16.2. The van der Waals surface area contributed by atoms with Crippen LogP contribution in [0.3, 0.4) is 0 Å². The fourth-order valence-electron chi connectivity index (χ4n) is 2.79. The van der Waals surface area contributed by atoms with Crippen molar-refractivity contribution in [2.24, 2.45) is 0 Å². The Morgan fingerprint density at radius 1 is 1.54 bits per heavy atom. The molecule has 3 rings (SSSR count). The van der Waals surface area contributed by atoms with E-state index in [1.807, 2.05) is 6.92 Å². The van der Waals surface area contributed by atoms with Gasteiger partial charge >= 0.3 is 0 Å². The number of amides is 1. The molecule has 0 spiro atoms. The summed E-state index contributed by atoms with van der Waals surface area (Å²) in [5.41, 5.74) is 5.86. The first-order valence-electron chi connectivity index (χ1n) is 8.19. The summed E-state index contributed by atoms with van der Waals surface area (Å²) >= 11 is 5.96. The number of hydrogen-bond donors (Lipinski definition) is 3. The first-order valence-corrected chi connectivity index (χ1v) is 8.57. The van der Waals surface area contributed by atoms with Crippen molar-refractivity contribution in [3.63, 3.8) is 0 Å². The number of fused-ring (bicyclic) bond motifs is 1. The van der Waals surface area contributed by atoms with Gasteiger partial charge in [0.2, 0.25) is 5.75 Å². The predicted octanol–water partition coefficient (Wildman–Crippen LogP) is 1.60. The highest BCUT2D eigenvalue weighted by atomic mass is 35.5. The van der Waals surface area contributed by atoms with Crippen molar-refractivity contribution in [2.75, 3.05) is 12.3 Å².